The second-order valence-electron chi connectivity index (χ2n) is 5.65. The van der Waals surface area contributed by atoms with Crippen LogP contribution in [0.5, 0.6) is 0 Å². The maximum atomic E-state index is 12.1. The van der Waals surface area contributed by atoms with Gasteiger partial charge in [-0.05, 0) is 42.3 Å². The number of ether oxygens (including phenoxy) is 1. The maximum absolute atomic E-state index is 12.1. The summed E-state index contributed by atoms with van der Waals surface area (Å²) in [4.78, 5) is 28.3. The number of carbonyl (C=O) groups is 1. The molecule has 6 heteroatoms. The average molecular weight is 345 g/mol. The van der Waals surface area contributed by atoms with Gasteiger partial charge in [-0.25, -0.2) is 9.78 Å². The van der Waals surface area contributed by atoms with Crippen molar-refractivity contribution in [3.63, 3.8) is 0 Å². The van der Waals surface area contributed by atoms with E-state index in [0.29, 0.717) is 16.9 Å². The van der Waals surface area contributed by atoms with Crippen LogP contribution in [0, 0.1) is 18.3 Å². The van der Waals surface area contributed by atoms with Crippen LogP contribution in [0.2, 0.25) is 0 Å². The summed E-state index contributed by atoms with van der Waals surface area (Å²) in [5, 5.41) is 8.76. The summed E-state index contributed by atoms with van der Waals surface area (Å²) in [6.07, 6.45) is 4.53. The normalized spacial score (nSPS) is 10.8. The van der Waals surface area contributed by atoms with Crippen LogP contribution in [0.15, 0.2) is 59.5 Å². The summed E-state index contributed by atoms with van der Waals surface area (Å²) in [5.74, 6) is -0.541. The number of hydrogen-bond donors (Lipinski definition) is 0. The summed E-state index contributed by atoms with van der Waals surface area (Å²) < 4.78 is 6.60. The van der Waals surface area contributed by atoms with Crippen LogP contribution >= 0.6 is 0 Å². The minimum absolute atomic E-state index is 0.0867. The molecular formula is C20H15N3O3. The van der Waals surface area contributed by atoms with Gasteiger partial charge in [-0.15, -0.1) is 0 Å². The molecule has 0 amide bonds. The maximum Gasteiger partial charge on any atom is 0.331 e. The van der Waals surface area contributed by atoms with E-state index in [0.717, 1.165) is 11.1 Å². The molecule has 3 aromatic rings. The molecule has 3 rings (SSSR count). The average Bonchev–Trinajstić information content (AvgIpc) is 2.66. The van der Waals surface area contributed by atoms with Crippen molar-refractivity contribution in [2.24, 2.45) is 0 Å². The molecule has 26 heavy (non-hydrogen) atoms. The van der Waals surface area contributed by atoms with Gasteiger partial charge < -0.3 is 4.74 Å². The van der Waals surface area contributed by atoms with Crippen molar-refractivity contribution < 1.29 is 9.53 Å². The zero-order chi connectivity index (χ0) is 18.5. The lowest BCUT2D eigenvalue weighted by atomic mass is 10.1. The minimum Gasteiger partial charge on any atom is -0.456 e. The molecule has 6 nitrogen and oxygen atoms in total. The molecule has 0 N–H and O–H groups in total. The third-order valence-corrected chi connectivity index (χ3v) is 3.75. The first-order valence-electron chi connectivity index (χ1n) is 7.90. The molecular weight excluding hydrogens is 330 g/mol. The van der Waals surface area contributed by atoms with Crippen molar-refractivity contribution in [2.45, 2.75) is 13.5 Å². The number of carbonyl (C=O) groups excluding carboxylic acids is 1. The van der Waals surface area contributed by atoms with Crippen LogP contribution in [-0.2, 0) is 16.1 Å². The number of benzene rings is 1. The fourth-order valence-electron chi connectivity index (χ4n) is 2.41. The van der Waals surface area contributed by atoms with E-state index in [-0.39, 0.29) is 12.2 Å². The monoisotopic (exact) mass is 345 g/mol. The minimum atomic E-state index is -0.541. The number of nitriles is 1. The first-order valence-corrected chi connectivity index (χ1v) is 7.90. The van der Waals surface area contributed by atoms with E-state index in [1.807, 2.05) is 19.1 Å². The highest BCUT2D eigenvalue weighted by molar-refractivity contribution is 5.87. The molecule has 2 aromatic heterocycles. The molecule has 0 aliphatic carbocycles. The quantitative estimate of drug-likeness (QED) is 0.536. The van der Waals surface area contributed by atoms with Gasteiger partial charge in [-0.2, -0.15) is 5.26 Å². The van der Waals surface area contributed by atoms with E-state index >= 15 is 0 Å². The third-order valence-electron chi connectivity index (χ3n) is 3.75. The number of nitrogens with zero attached hydrogens (tertiary/aromatic N) is 3. The van der Waals surface area contributed by atoms with Crippen LogP contribution in [0.3, 0.4) is 0 Å². The van der Waals surface area contributed by atoms with Crippen LogP contribution in [0.25, 0.3) is 11.7 Å². The number of hydrogen-bond acceptors (Lipinski definition) is 5. The Hall–Kier alpha value is -3.72. The lowest BCUT2D eigenvalue weighted by Gasteiger charge is -2.06. The number of rotatable bonds is 4. The Morgan fingerprint density at radius 1 is 1.31 bits per heavy atom. The number of aromatic nitrogens is 2. The summed E-state index contributed by atoms with van der Waals surface area (Å²) in [5.41, 5.74) is 2.90. The summed E-state index contributed by atoms with van der Waals surface area (Å²) >= 11 is 0. The molecule has 0 spiro atoms. The summed E-state index contributed by atoms with van der Waals surface area (Å²) in [6, 6.07) is 13.8. The Morgan fingerprint density at radius 3 is 2.81 bits per heavy atom. The van der Waals surface area contributed by atoms with Crippen molar-refractivity contribution in [3.05, 3.63) is 87.5 Å². The van der Waals surface area contributed by atoms with E-state index in [1.54, 1.807) is 42.6 Å². The lowest BCUT2D eigenvalue weighted by molar-refractivity contribution is -0.139. The van der Waals surface area contributed by atoms with Crippen LogP contribution in [0.4, 0.5) is 0 Å². The predicted octanol–water partition coefficient (Wildman–Crippen LogP) is 2.63. The van der Waals surface area contributed by atoms with Gasteiger partial charge in [0.2, 0.25) is 0 Å². The van der Waals surface area contributed by atoms with E-state index in [1.165, 1.54) is 16.5 Å². The fraction of sp³-hybridized carbons (Fsp3) is 0.100. The van der Waals surface area contributed by atoms with Gasteiger partial charge in [0.1, 0.15) is 12.3 Å². The molecule has 0 saturated heterocycles. The van der Waals surface area contributed by atoms with Crippen molar-refractivity contribution >= 4 is 17.7 Å². The Labute approximate surface area is 149 Å². The van der Waals surface area contributed by atoms with E-state index in [2.05, 4.69) is 4.98 Å². The van der Waals surface area contributed by atoms with Gasteiger partial charge in [0.25, 0.3) is 5.56 Å². The van der Waals surface area contributed by atoms with E-state index in [9.17, 15) is 9.59 Å². The Balaban J connectivity index is 1.68. The molecule has 0 saturated carbocycles. The SMILES string of the molecule is Cc1cccn2c(=O)cc(COC(=O)/C=C/c3ccc(C#N)cc3)nc12. The lowest BCUT2D eigenvalue weighted by Crippen LogP contribution is -2.17. The second kappa shape index (κ2) is 7.45. The van der Waals surface area contributed by atoms with Crippen LogP contribution < -0.4 is 5.56 Å². The first kappa shape index (κ1) is 17.1. The van der Waals surface area contributed by atoms with Crippen molar-refractivity contribution in [2.75, 3.05) is 0 Å². The largest absolute Gasteiger partial charge is 0.456 e. The molecule has 0 radical (unpaired) electrons. The highest BCUT2D eigenvalue weighted by Crippen LogP contribution is 2.08. The zero-order valence-corrected chi connectivity index (χ0v) is 14.0. The molecule has 0 fully saturated rings. The van der Waals surface area contributed by atoms with E-state index < -0.39 is 5.97 Å². The van der Waals surface area contributed by atoms with E-state index in [4.69, 9.17) is 10.00 Å². The second-order valence-corrected chi connectivity index (χ2v) is 5.65. The zero-order valence-electron chi connectivity index (χ0n) is 14.0. The van der Waals surface area contributed by atoms with Gasteiger partial charge in [0, 0.05) is 18.3 Å². The van der Waals surface area contributed by atoms with Gasteiger partial charge >= 0.3 is 5.97 Å². The summed E-state index contributed by atoms with van der Waals surface area (Å²) in [7, 11) is 0. The first-order chi connectivity index (χ1) is 12.6. The molecule has 128 valence electrons. The molecule has 0 atom stereocenters. The molecule has 0 aliphatic heterocycles. The topological polar surface area (TPSA) is 84.5 Å². The third kappa shape index (κ3) is 3.84. The molecule has 0 unspecified atom stereocenters. The number of aryl methyl sites for hydroxylation is 1. The van der Waals surface area contributed by atoms with Crippen molar-refractivity contribution in [1.29, 1.82) is 5.26 Å². The Morgan fingerprint density at radius 2 is 2.08 bits per heavy atom. The number of fused-ring (bicyclic) bond motifs is 1. The highest BCUT2D eigenvalue weighted by atomic mass is 16.5. The molecule has 0 aliphatic rings. The van der Waals surface area contributed by atoms with Gasteiger partial charge in [-0.1, -0.05) is 18.2 Å². The number of pyridine rings is 1. The van der Waals surface area contributed by atoms with Crippen molar-refractivity contribution in [3.8, 4) is 6.07 Å². The van der Waals surface area contributed by atoms with Crippen LogP contribution in [0.1, 0.15) is 22.4 Å². The fourth-order valence-corrected chi connectivity index (χ4v) is 2.41. The van der Waals surface area contributed by atoms with Gasteiger partial charge in [0.15, 0.2) is 0 Å². The van der Waals surface area contributed by atoms with Gasteiger partial charge in [0.05, 0.1) is 17.3 Å². The standard InChI is InChI=1S/C20H15N3O3/c1-14-3-2-10-23-18(24)11-17(22-20(14)23)13-26-19(25)9-8-15-4-6-16(12-21)7-5-15/h2-11H,13H2,1H3/b9-8+. The highest BCUT2D eigenvalue weighted by Gasteiger charge is 2.06. The van der Waals surface area contributed by atoms with Crippen LogP contribution in [-0.4, -0.2) is 15.4 Å². The molecule has 1 aromatic carbocycles. The van der Waals surface area contributed by atoms with Crippen molar-refractivity contribution in [1.82, 2.24) is 9.38 Å². The molecule has 2 heterocycles. The molecule has 0 bridgehead atoms. The predicted molar refractivity (Wildman–Crippen MR) is 96.2 cm³/mol. The van der Waals surface area contributed by atoms with Gasteiger partial charge in [-0.3, -0.25) is 9.20 Å². The summed E-state index contributed by atoms with van der Waals surface area (Å²) in [6.45, 7) is 1.77. The Kier molecular flexibility index (Phi) is 4.90. The number of esters is 1. The Bertz CT molecular complexity index is 1090. The smallest absolute Gasteiger partial charge is 0.331 e.